The maximum atomic E-state index is 13.3. The van der Waals surface area contributed by atoms with Crippen molar-refractivity contribution in [3.63, 3.8) is 0 Å². The molecule has 0 radical (unpaired) electrons. The lowest BCUT2D eigenvalue weighted by Gasteiger charge is -2.19. The number of hydrogen-bond acceptors (Lipinski definition) is 1. The van der Waals surface area contributed by atoms with E-state index in [0.29, 0.717) is 18.5 Å². The van der Waals surface area contributed by atoms with E-state index in [1.54, 1.807) is 12.1 Å². The number of halogens is 2. The predicted molar refractivity (Wildman–Crippen MR) is 82.8 cm³/mol. The van der Waals surface area contributed by atoms with Crippen molar-refractivity contribution >= 4 is 15.9 Å². The van der Waals surface area contributed by atoms with Crippen LogP contribution >= 0.6 is 15.9 Å². The molecule has 1 saturated carbocycles. The van der Waals surface area contributed by atoms with E-state index < -0.39 is 0 Å². The van der Waals surface area contributed by atoms with Crippen LogP contribution in [0.4, 0.5) is 4.39 Å². The van der Waals surface area contributed by atoms with Gasteiger partial charge in [0, 0.05) is 17.1 Å². The summed E-state index contributed by atoms with van der Waals surface area (Å²) < 4.78 is 14.3. The zero-order chi connectivity index (χ0) is 13.9. The summed E-state index contributed by atoms with van der Waals surface area (Å²) in [6.07, 6.45) is 2.55. The topological polar surface area (TPSA) is 12.0 Å². The van der Waals surface area contributed by atoms with Gasteiger partial charge < -0.3 is 5.32 Å². The van der Waals surface area contributed by atoms with Crippen molar-refractivity contribution in [2.45, 2.75) is 25.4 Å². The third kappa shape index (κ3) is 3.28. The Hall–Kier alpha value is -1.19. The standard InChI is InChI=1S/C17H17BrFN/c18-16-9-8-15(19)10-14(16)11-20-17(13-6-7-13)12-4-2-1-3-5-12/h1-5,8-10,13,17,20H,6-7,11H2. The number of nitrogens with one attached hydrogen (secondary N) is 1. The molecule has 0 aromatic heterocycles. The highest BCUT2D eigenvalue weighted by Crippen LogP contribution is 2.41. The second-order valence-corrected chi connectivity index (χ2v) is 6.20. The van der Waals surface area contributed by atoms with Gasteiger partial charge in [-0.05, 0) is 48.1 Å². The Morgan fingerprint density at radius 2 is 1.90 bits per heavy atom. The molecule has 3 rings (SSSR count). The monoisotopic (exact) mass is 333 g/mol. The first-order valence-corrected chi connectivity index (χ1v) is 7.75. The van der Waals surface area contributed by atoms with Crippen molar-refractivity contribution in [1.82, 2.24) is 5.32 Å². The first-order valence-electron chi connectivity index (χ1n) is 6.96. The summed E-state index contributed by atoms with van der Waals surface area (Å²) in [5, 5.41) is 3.59. The van der Waals surface area contributed by atoms with Gasteiger partial charge in [-0.15, -0.1) is 0 Å². The molecule has 1 atom stereocenters. The SMILES string of the molecule is Fc1ccc(Br)c(CNC(c2ccccc2)C2CC2)c1. The van der Waals surface area contributed by atoms with Crippen LogP contribution in [-0.2, 0) is 6.54 Å². The summed E-state index contributed by atoms with van der Waals surface area (Å²) >= 11 is 3.48. The van der Waals surface area contributed by atoms with Crippen LogP contribution in [0.1, 0.15) is 30.0 Å². The second kappa shape index (κ2) is 6.06. The largest absolute Gasteiger partial charge is 0.306 e. The lowest BCUT2D eigenvalue weighted by molar-refractivity contribution is 0.478. The zero-order valence-corrected chi connectivity index (χ0v) is 12.7. The van der Waals surface area contributed by atoms with Crippen LogP contribution in [0.3, 0.4) is 0 Å². The van der Waals surface area contributed by atoms with Crippen LogP contribution in [-0.4, -0.2) is 0 Å². The Morgan fingerprint density at radius 1 is 1.15 bits per heavy atom. The van der Waals surface area contributed by atoms with Gasteiger partial charge in [-0.25, -0.2) is 4.39 Å². The Bertz CT molecular complexity index is 581. The Morgan fingerprint density at radius 3 is 2.60 bits per heavy atom. The maximum Gasteiger partial charge on any atom is 0.123 e. The average Bonchev–Trinajstić information content (AvgIpc) is 3.29. The van der Waals surface area contributed by atoms with E-state index in [2.05, 4.69) is 45.5 Å². The second-order valence-electron chi connectivity index (χ2n) is 5.34. The summed E-state index contributed by atoms with van der Waals surface area (Å²) in [4.78, 5) is 0. The van der Waals surface area contributed by atoms with Crippen LogP contribution in [0.5, 0.6) is 0 Å². The van der Waals surface area contributed by atoms with Gasteiger partial charge in [0.15, 0.2) is 0 Å². The smallest absolute Gasteiger partial charge is 0.123 e. The van der Waals surface area contributed by atoms with Crippen molar-refractivity contribution in [3.05, 3.63) is 69.9 Å². The van der Waals surface area contributed by atoms with Gasteiger partial charge in [-0.1, -0.05) is 46.3 Å². The molecule has 0 heterocycles. The first kappa shape index (κ1) is 13.8. The molecule has 0 aliphatic heterocycles. The molecule has 0 bridgehead atoms. The van der Waals surface area contributed by atoms with Crippen LogP contribution in [0.25, 0.3) is 0 Å². The minimum atomic E-state index is -0.187. The van der Waals surface area contributed by atoms with E-state index in [-0.39, 0.29) is 5.82 Å². The molecule has 1 N–H and O–H groups in total. The van der Waals surface area contributed by atoms with Crippen LogP contribution in [0.2, 0.25) is 0 Å². The number of benzene rings is 2. The highest BCUT2D eigenvalue weighted by Gasteiger charge is 2.31. The van der Waals surface area contributed by atoms with E-state index in [9.17, 15) is 4.39 Å². The van der Waals surface area contributed by atoms with Gasteiger partial charge in [-0.2, -0.15) is 0 Å². The molecule has 0 amide bonds. The number of hydrogen-bond donors (Lipinski definition) is 1. The Labute approximate surface area is 127 Å². The summed E-state index contributed by atoms with van der Waals surface area (Å²) in [6.45, 7) is 0.675. The predicted octanol–water partition coefficient (Wildman–Crippen LogP) is 4.83. The van der Waals surface area contributed by atoms with E-state index >= 15 is 0 Å². The molecule has 1 nitrogen and oxygen atoms in total. The molecule has 104 valence electrons. The molecular weight excluding hydrogens is 317 g/mol. The van der Waals surface area contributed by atoms with Crippen molar-refractivity contribution in [2.75, 3.05) is 0 Å². The fraction of sp³-hybridized carbons (Fsp3) is 0.294. The summed E-state index contributed by atoms with van der Waals surface area (Å²) in [7, 11) is 0. The third-order valence-electron chi connectivity index (χ3n) is 3.77. The molecule has 3 heteroatoms. The molecule has 0 saturated heterocycles. The van der Waals surface area contributed by atoms with Crippen LogP contribution in [0, 0.1) is 11.7 Å². The molecule has 1 aliphatic rings. The van der Waals surface area contributed by atoms with Crippen molar-refractivity contribution in [1.29, 1.82) is 0 Å². The minimum absolute atomic E-state index is 0.187. The minimum Gasteiger partial charge on any atom is -0.306 e. The van der Waals surface area contributed by atoms with Gasteiger partial charge in [0.05, 0.1) is 0 Å². The molecular formula is C17H17BrFN. The molecule has 0 spiro atoms. The summed E-state index contributed by atoms with van der Waals surface area (Å²) in [5.74, 6) is 0.525. The molecule has 1 fully saturated rings. The Balaban J connectivity index is 1.73. The maximum absolute atomic E-state index is 13.3. The fourth-order valence-electron chi connectivity index (χ4n) is 2.55. The zero-order valence-electron chi connectivity index (χ0n) is 11.2. The lowest BCUT2D eigenvalue weighted by Crippen LogP contribution is -2.22. The van der Waals surface area contributed by atoms with E-state index in [1.807, 2.05) is 6.07 Å². The van der Waals surface area contributed by atoms with E-state index in [4.69, 9.17) is 0 Å². The van der Waals surface area contributed by atoms with Crippen molar-refractivity contribution < 1.29 is 4.39 Å². The lowest BCUT2D eigenvalue weighted by atomic mass is 10.0. The first-order chi connectivity index (χ1) is 9.74. The molecule has 20 heavy (non-hydrogen) atoms. The van der Waals surface area contributed by atoms with Gasteiger partial charge in [0.1, 0.15) is 5.82 Å². The number of rotatable bonds is 5. The summed E-state index contributed by atoms with van der Waals surface area (Å²) in [6, 6.07) is 15.7. The van der Waals surface area contributed by atoms with Crippen LogP contribution < -0.4 is 5.32 Å². The molecule has 1 unspecified atom stereocenters. The third-order valence-corrected chi connectivity index (χ3v) is 4.55. The van der Waals surface area contributed by atoms with Crippen molar-refractivity contribution in [2.24, 2.45) is 5.92 Å². The molecule has 2 aromatic rings. The quantitative estimate of drug-likeness (QED) is 0.826. The van der Waals surface area contributed by atoms with Crippen molar-refractivity contribution in [3.8, 4) is 0 Å². The van der Waals surface area contributed by atoms with Gasteiger partial charge >= 0.3 is 0 Å². The fourth-order valence-corrected chi connectivity index (χ4v) is 2.93. The van der Waals surface area contributed by atoms with Gasteiger partial charge in [-0.3, -0.25) is 0 Å². The van der Waals surface area contributed by atoms with E-state index in [0.717, 1.165) is 10.0 Å². The van der Waals surface area contributed by atoms with Gasteiger partial charge in [0.25, 0.3) is 0 Å². The molecule has 2 aromatic carbocycles. The summed E-state index contributed by atoms with van der Waals surface area (Å²) in [5.41, 5.74) is 2.29. The Kier molecular flexibility index (Phi) is 4.18. The van der Waals surface area contributed by atoms with Gasteiger partial charge in [0.2, 0.25) is 0 Å². The molecule has 1 aliphatic carbocycles. The van der Waals surface area contributed by atoms with Crippen LogP contribution in [0.15, 0.2) is 53.0 Å². The highest BCUT2D eigenvalue weighted by atomic mass is 79.9. The highest BCUT2D eigenvalue weighted by molar-refractivity contribution is 9.10. The van der Waals surface area contributed by atoms with E-state index in [1.165, 1.54) is 24.5 Å². The average molecular weight is 334 g/mol. The normalized spacial score (nSPS) is 16.1.